The van der Waals surface area contributed by atoms with Crippen LogP contribution in [0.5, 0.6) is 5.75 Å². The molecule has 3 aromatic rings. The molecule has 0 saturated carbocycles. The highest BCUT2D eigenvalue weighted by Crippen LogP contribution is 2.30. The number of halogens is 2. The van der Waals surface area contributed by atoms with Gasteiger partial charge in [-0.15, -0.1) is 4.91 Å². The molecular formula is C25H26Cl2N4O5. The first-order valence-corrected chi connectivity index (χ1v) is 11.9. The number of nitroso groups, excluding NO2 is 1. The number of rotatable bonds is 9. The fourth-order valence-electron chi connectivity index (χ4n) is 3.45. The third kappa shape index (κ3) is 6.41. The first kappa shape index (κ1) is 27.2. The molecule has 190 valence electrons. The summed E-state index contributed by atoms with van der Waals surface area (Å²) in [4.78, 5) is 49.2. The van der Waals surface area contributed by atoms with Crippen LogP contribution in [-0.2, 0) is 17.9 Å². The Bertz CT molecular complexity index is 1400. The SMILES string of the molecule is CC(C)Oc1ccc(Nc2cc(=O)n(CC(C)(C)C(=O)N=O)c(=O)n2Cc2ccc(Cl)cc2)cc1Cl. The normalized spacial score (nSPS) is 11.4. The number of benzene rings is 2. The number of hydrogen-bond donors (Lipinski definition) is 1. The number of anilines is 2. The number of aromatic nitrogens is 2. The van der Waals surface area contributed by atoms with Crippen molar-refractivity contribution in [3.8, 4) is 5.75 Å². The van der Waals surface area contributed by atoms with Gasteiger partial charge in [-0.05, 0) is 63.6 Å². The van der Waals surface area contributed by atoms with E-state index in [2.05, 4.69) is 10.5 Å². The van der Waals surface area contributed by atoms with Gasteiger partial charge >= 0.3 is 5.69 Å². The third-order valence-electron chi connectivity index (χ3n) is 5.31. The maximum Gasteiger partial charge on any atom is 0.332 e. The summed E-state index contributed by atoms with van der Waals surface area (Å²) in [6.45, 7) is 6.44. The standard InChI is InChI=1S/C25H26Cl2N4O5/c1-15(2)36-20-10-9-18(11-19(20)27)28-21-12-22(32)31(14-25(3,4)23(33)29-35)24(34)30(21)13-16-5-7-17(26)8-6-16/h5-12,15,28H,13-14H2,1-4H3. The maximum atomic E-state index is 13.5. The van der Waals surface area contributed by atoms with Gasteiger partial charge in [0.1, 0.15) is 11.6 Å². The van der Waals surface area contributed by atoms with Crippen LogP contribution in [0.3, 0.4) is 0 Å². The summed E-state index contributed by atoms with van der Waals surface area (Å²) in [6.07, 6.45) is -0.0657. The zero-order chi connectivity index (χ0) is 26.6. The van der Waals surface area contributed by atoms with Gasteiger partial charge in [0, 0.05) is 28.5 Å². The number of nitrogens with one attached hydrogen (secondary N) is 1. The minimum absolute atomic E-state index is 0.0657. The van der Waals surface area contributed by atoms with Gasteiger partial charge in [0.15, 0.2) is 0 Å². The summed E-state index contributed by atoms with van der Waals surface area (Å²) in [5.74, 6) is -0.247. The van der Waals surface area contributed by atoms with Crippen molar-refractivity contribution >= 4 is 40.6 Å². The number of ether oxygens (including phenoxy) is 1. The van der Waals surface area contributed by atoms with Crippen LogP contribution in [0.1, 0.15) is 33.3 Å². The number of amides is 1. The first-order chi connectivity index (χ1) is 16.9. The number of carbonyl (C=O) groups excluding carboxylic acids is 1. The van der Waals surface area contributed by atoms with Crippen LogP contribution in [0, 0.1) is 10.3 Å². The van der Waals surface area contributed by atoms with Crippen molar-refractivity contribution in [3.05, 3.63) is 89.9 Å². The van der Waals surface area contributed by atoms with Crippen molar-refractivity contribution in [1.29, 1.82) is 0 Å². The van der Waals surface area contributed by atoms with Crippen molar-refractivity contribution in [2.75, 3.05) is 5.32 Å². The fourth-order valence-corrected chi connectivity index (χ4v) is 3.80. The molecule has 0 spiro atoms. The lowest BCUT2D eigenvalue weighted by atomic mass is 9.92. The zero-order valence-electron chi connectivity index (χ0n) is 20.2. The van der Waals surface area contributed by atoms with Crippen molar-refractivity contribution in [1.82, 2.24) is 9.13 Å². The van der Waals surface area contributed by atoms with E-state index in [0.29, 0.717) is 21.5 Å². The predicted molar refractivity (Wildman–Crippen MR) is 141 cm³/mol. The molecule has 0 radical (unpaired) electrons. The van der Waals surface area contributed by atoms with Crippen LogP contribution in [0.25, 0.3) is 0 Å². The quantitative estimate of drug-likeness (QED) is 0.378. The average molecular weight is 533 g/mol. The maximum absolute atomic E-state index is 13.5. The van der Waals surface area contributed by atoms with Crippen molar-refractivity contribution in [2.45, 2.75) is 46.9 Å². The predicted octanol–water partition coefficient (Wildman–Crippen LogP) is 5.22. The summed E-state index contributed by atoms with van der Waals surface area (Å²) in [7, 11) is 0. The smallest absolute Gasteiger partial charge is 0.332 e. The van der Waals surface area contributed by atoms with E-state index >= 15 is 0 Å². The summed E-state index contributed by atoms with van der Waals surface area (Å²) < 4.78 is 7.92. The van der Waals surface area contributed by atoms with Crippen LogP contribution in [0.4, 0.5) is 11.5 Å². The summed E-state index contributed by atoms with van der Waals surface area (Å²) in [5.41, 5.74) is -1.39. The molecule has 2 aromatic carbocycles. The lowest BCUT2D eigenvalue weighted by Crippen LogP contribution is -2.44. The van der Waals surface area contributed by atoms with Gasteiger partial charge in [0.05, 0.1) is 23.1 Å². The number of carbonyl (C=O) groups is 1. The molecule has 0 aliphatic heterocycles. The second kappa shape index (κ2) is 11.1. The van der Waals surface area contributed by atoms with Gasteiger partial charge in [-0.25, -0.2) is 4.79 Å². The number of nitrogens with zero attached hydrogens (tertiary/aromatic N) is 3. The van der Waals surface area contributed by atoms with Gasteiger partial charge in [0.2, 0.25) is 0 Å². The van der Waals surface area contributed by atoms with Crippen molar-refractivity contribution < 1.29 is 9.53 Å². The Hall–Kier alpha value is -3.43. The van der Waals surface area contributed by atoms with E-state index in [1.165, 1.54) is 24.5 Å². The molecule has 0 aliphatic carbocycles. The largest absolute Gasteiger partial charge is 0.489 e. The second-order valence-corrected chi connectivity index (χ2v) is 10.0. The first-order valence-electron chi connectivity index (χ1n) is 11.1. The van der Waals surface area contributed by atoms with Gasteiger partial charge in [-0.2, -0.15) is 0 Å². The molecule has 0 unspecified atom stereocenters. The summed E-state index contributed by atoms with van der Waals surface area (Å²) in [6, 6.07) is 13.2. The molecule has 1 N–H and O–H groups in total. The van der Waals surface area contributed by atoms with E-state index in [4.69, 9.17) is 27.9 Å². The highest BCUT2D eigenvalue weighted by Gasteiger charge is 2.31. The Balaban J connectivity index is 2.08. The Kier molecular flexibility index (Phi) is 8.37. The lowest BCUT2D eigenvalue weighted by molar-refractivity contribution is -0.126. The highest BCUT2D eigenvalue weighted by molar-refractivity contribution is 6.32. The fraction of sp³-hybridized carbons (Fsp3) is 0.320. The van der Waals surface area contributed by atoms with Crippen LogP contribution in [0.15, 0.2) is 63.3 Å². The van der Waals surface area contributed by atoms with E-state index in [1.54, 1.807) is 42.5 Å². The number of hydrogen-bond acceptors (Lipinski definition) is 6. The minimum Gasteiger partial charge on any atom is -0.489 e. The second-order valence-electron chi connectivity index (χ2n) is 9.17. The van der Waals surface area contributed by atoms with Gasteiger partial charge in [0.25, 0.3) is 11.5 Å². The van der Waals surface area contributed by atoms with Gasteiger partial charge in [-0.1, -0.05) is 35.3 Å². The zero-order valence-corrected chi connectivity index (χ0v) is 21.8. The molecule has 0 saturated heterocycles. The summed E-state index contributed by atoms with van der Waals surface area (Å²) in [5, 5.41) is 6.43. The molecule has 0 aliphatic rings. The molecule has 3 rings (SSSR count). The Morgan fingerprint density at radius 3 is 2.31 bits per heavy atom. The molecule has 0 fully saturated rings. The monoisotopic (exact) mass is 532 g/mol. The molecule has 36 heavy (non-hydrogen) atoms. The van der Waals surface area contributed by atoms with Crippen LogP contribution < -0.4 is 21.3 Å². The van der Waals surface area contributed by atoms with Gasteiger partial charge in [-0.3, -0.25) is 18.7 Å². The van der Waals surface area contributed by atoms with E-state index in [0.717, 1.165) is 10.1 Å². The van der Waals surface area contributed by atoms with Crippen molar-refractivity contribution in [2.24, 2.45) is 10.6 Å². The van der Waals surface area contributed by atoms with E-state index in [1.807, 2.05) is 13.8 Å². The Labute approximate surface area is 217 Å². The topological polar surface area (TPSA) is 112 Å². The highest BCUT2D eigenvalue weighted by atomic mass is 35.5. The Morgan fingerprint density at radius 1 is 1.06 bits per heavy atom. The van der Waals surface area contributed by atoms with Crippen LogP contribution in [-0.4, -0.2) is 21.1 Å². The van der Waals surface area contributed by atoms with E-state index in [-0.39, 0.29) is 25.0 Å². The molecule has 9 nitrogen and oxygen atoms in total. The van der Waals surface area contributed by atoms with Crippen LogP contribution >= 0.6 is 23.2 Å². The average Bonchev–Trinajstić information content (AvgIpc) is 2.81. The molecule has 0 atom stereocenters. The molecule has 11 heteroatoms. The molecule has 0 bridgehead atoms. The third-order valence-corrected chi connectivity index (χ3v) is 5.86. The summed E-state index contributed by atoms with van der Waals surface area (Å²) >= 11 is 12.3. The van der Waals surface area contributed by atoms with Crippen LogP contribution in [0.2, 0.25) is 10.0 Å². The van der Waals surface area contributed by atoms with E-state index < -0.39 is 22.6 Å². The van der Waals surface area contributed by atoms with Crippen molar-refractivity contribution in [3.63, 3.8) is 0 Å². The minimum atomic E-state index is -1.35. The molecule has 1 heterocycles. The molecule has 1 amide bonds. The van der Waals surface area contributed by atoms with Gasteiger partial charge < -0.3 is 10.1 Å². The van der Waals surface area contributed by atoms with E-state index in [9.17, 15) is 19.3 Å². The molecular weight excluding hydrogens is 507 g/mol. The lowest BCUT2D eigenvalue weighted by Gasteiger charge is -2.22. The molecule has 1 aromatic heterocycles. The Morgan fingerprint density at radius 2 is 1.72 bits per heavy atom.